The van der Waals surface area contributed by atoms with Gasteiger partial charge in [0.05, 0.1) is 16.5 Å². The van der Waals surface area contributed by atoms with Crippen LogP contribution in [0.3, 0.4) is 0 Å². The first-order valence-electron chi connectivity index (χ1n) is 7.65. The van der Waals surface area contributed by atoms with Crippen LogP contribution in [0.25, 0.3) is 0 Å². The van der Waals surface area contributed by atoms with Crippen LogP contribution in [0.1, 0.15) is 29.4 Å². The van der Waals surface area contributed by atoms with Crippen LogP contribution in [-0.4, -0.2) is 21.1 Å². The summed E-state index contributed by atoms with van der Waals surface area (Å²) in [5.41, 5.74) is 1.22. The van der Waals surface area contributed by atoms with Gasteiger partial charge in [0.1, 0.15) is 0 Å². The highest BCUT2D eigenvalue weighted by molar-refractivity contribution is 8.00. The maximum atomic E-state index is 13.1. The first-order valence-corrected chi connectivity index (χ1v) is 8.91. The molecule has 0 aliphatic rings. The van der Waals surface area contributed by atoms with Gasteiger partial charge < -0.3 is 5.32 Å². The Morgan fingerprint density at radius 3 is 2.31 bits per heavy atom. The third-order valence-corrected chi connectivity index (χ3v) is 5.00. The van der Waals surface area contributed by atoms with Gasteiger partial charge >= 0.3 is 6.18 Å². The molecule has 1 N–H and O–H groups in total. The van der Waals surface area contributed by atoms with Gasteiger partial charge in [0.15, 0.2) is 5.16 Å². The van der Waals surface area contributed by atoms with Crippen molar-refractivity contribution in [3.05, 3.63) is 45.7 Å². The number of amides is 1. The Hall–Kier alpha value is -1.80. The molecule has 0 aliphatic carbocycles. The molecule has 140 valence electrons. The molecule has 0 spiro atoms. The summed E-state index contributed by atoms with van der Waals surface area (Å²) in [6, 6.07) is 3.21. The number of hydrogen-bond acceptors (Lipinski definition) is 4. The fourth-order valence-electron chi connectivity index (χ4n) is 2.10. The highest BCUT2D eigenvalue weighted by atomic mass is 35.5. The van der Waals surface area contributed by atoms with Crippen LogP contribution < -0.4 is 5.32 Å². The van der Waals surface area contributed by atoms with Crippen molar-refractivity contribution < 1.29 is 18.0 Å². The molecule has 1 atom stereocenters. The zero-order valence-electron chi connectivity index (χ0n) is 14.5. The minimum Gasteiger partial charge on any atom is -0.325 e. The van der Waals surface area contributed by atoms with Crippen molar-refractivity contribution >= 4 is 35.0 Å². The molecule has 0 radical (unpaired) electrons. The number of thioether (sulfide) groups is 1. The van der Waals surface area contributed by atoms with E-state index in [4.69, 9.17) is 11.6 Å². The van der Waals surface area contributed by atoms with Gasteiger partial charge in [-0.25, -0.2) is 9.97 Å². The van der Waals surface area contributed by atoms with Crippen molar-refractivity contribution in [1.29, 1.82) is 0 Å². The number of carbonyl (C=O) groups excluding carboxylic acids is 1. The second-order valence-corrected chi connectivity index (χ2v) is 7.48. The van der Waals surface area contributed by atoms with Gasteiger partial charge in [0.2, 0.25) is 5.91 Å². The molecule has 0 saturated carbocycles. The van der Waals surface area contributed by atoms with E-state index in [1.807, 2.05) is 20.8 Å². The molecule has 2 rings (SSSR count). The Kier molecular flexibility index (Phi) is 6.18. The van der Waals surface area contributed by atoms with E-state index < -0.39 is 22.9 Å². The number of nitrogens with one attached hydrogen (secondary N) is 1. The van der Waals surface area contributed by atoms with E-state index in [0.717, 1.165) is 40.8 Å². The first-order chi connectivity index (χ1) is 12.0. The lowest BCUT2D eigenvalue weighted by Crippen LogP contribution is -2.24. The molecule has 9 heteroatoms. The van der Waals surface area contributed by atoms with Gasteiger partial charge in [-0.05, 0) is 51.5 Å². The molecule has 4 nitrogen and oxygen atoms in total. The number of aromatic nitrogens is 2. The minimum atomic E-state index is -4.63. The molecule has 0 aliphatic heterocycles. The molecular weight excluding hydrogens is 387 g/mol. The van der Waals surface area contributed by atoms with Crippen LogP contribution >= 0.6 is 23.4 Å². The van der Waals surface area contributed by atoms with Crippen molar-refractivity contribution in [3.8, 4) is 0 Å². The van der Waals surface area contributed by atoms with Crippen LogP contribution in [0.4, 0.5) is 18.9 Å². The molecule has 1 heterocycles. The Labute approximate surface area is 158 Å². The number of halogens is 4. The van der Waals surface area contributed by atoms with Crippen molar-refractivity contribution in [3.63, 3.8) is 0 Å². The molecule has 1 aromatic heterocycles. The number of benzene rings is 1. The van der Waals surface area contributed by atoms with Crippen LogP contribution in [0.15, 0.2) is 23.4 Å². The monoisotopic (exact) mass is 403 g/mol. The molecular formula is C17H17ClF3N3OS. The van der Waals surface area contributed by atoms with Gasteiger partial charge in [-0.15, -0.1) is 0 Å². The average molecular weight is 404 g/mol. The maximum Gasteiger partial charge on any atom is 0.418 e. The SMILES string of the molecule is Cc1nc(S[C@@H](C)C(=O)Nc2ccc(Cl)cc2C(F)(F)F)nc(C)c1C. The van der Waals surface area contributed by atoms with E-state index >= 15 is 0 Å². The van der Waals surface area contributed by atoms with E-state index in [-0.39, 0.29) is 10.7 Å². The largest absolute Gasteiger partial charge is 0.418 e. The van der Waals surface area contributed by atoms with E-state index in [1.54, 1.807) is 6.92 Å². The predicted octanol–water partition coefficient (Wildman–Crippen LogP) is 5.19. The van der Waals surface area contributed by atoms with Crippen molar-refractivity contribution in [2.75, 3.05) is 5.32 Å². The summed E-state index contributed by atoms with van der Waals surface area (Å²) in [7, 11) is 0. The number of nitrogens with zero attached hydrogens (tertiary/aromatic N) is 2. The van der Waals surface area contributed by atoms with E-state index in [0.29, 0.717) is 5.16 Å². The summed E-state index contributed by atoms with van der Waals surface area (Å²) in [6.07, 6.45) is -4.63. The zero-order valence-corrected chi connectivity index (χ0v) is 16.1. The number of anilines is 1. The highest BCUT2D eigenvalue weighted by Crippen LogP contribution is 2.36. The predicted molar refractivity (Wildman–Crippen MR) is 96.6 cm³/mol. The Balaban J connectivity index is 2.18. The molecule has 1 aromatic carbocycles. The van der Waals surface area contributed by atoms with Crippen molar-refractivity contribution in [1.82, 2.24) is 9.97 Å². The molecule has 0 bridgehead atoms. The maximum absolute atomic E-state index is 13.1. The Morgan fingerprint density at radius 2 is 1.77 bits per heavy atom. The lowest BCUT2D eigenvalue weighted by atomic mass is 10.1. The highest BCUT2D eigenvalue weighted by Gasteiger charge is 2.34. The van der Waals surface area contributed by atoms with Crippen molar-refractivity contribution in [2.45, 2.75) is 44.3 Å². The topological polar surface area (TPSA) is 54.9 Å². The lowest BCUT2D eigenvalue weighted by Gasteiger charge is -2.16. The molecule has 26 heavy (non-hydrogen) atoms. The van der Waals surface area contributed by atoms with Crippen molar-refractivity contribution in [2.24, 2.45) is 0 Å². The molecule has 0 saturated heterocycles. The summed E-state index contributed by atoms with van der Waals surface area (Å²) >= 11 is 6.72. The second-order valence-electron chi connectivity index (χ2n) is 5.74. The molecule has 0 unspecified atom stereocenters. The second kappa shape index (κ2) is 7.84. The molecule has 0 fully saturated rings. The Morgan fingerprint density at radius 1 is 1.19 bits per heavy atom. The fourth-order valence-corrected chi connectivity index (χ4v) is 3.13. The lowest BCUT2D eigenvalue weighted by molar-refractivity contribution is -0.137. The summed E-state index contributed by atoms with van der Waals surface area (Å²) in [5, 5.41) is 1.97. The molecule has 2 aromatic rings. The van der Waals surface area contributed by atoms with Crippen LogP contribution in [0, 0.1) is 20.8 Å². The van der Waals surface area contributed by atoms with Gasteiger partial charge in [0, 0.05) is 16.4 Å². The smallest absolute Gasteiger partial charge is 0.325 e. The summed E-state index contributed by atoms with van der Waals surface area (Å²) in [4.78, 5) is 20.9. The number of aryl methyl sites for hydroxylation is 2. The number of alkyl halides is 3. The number of carbonyl (C=O) groups is 1. The van der Waals surface area contributed by atoms with Gasteiger partial charge in [-0.3, -0.25) is 4.79 Å². The third-order valence-electron chi connectivity index (χ3n) is 3.81. The fraction of sp³-hybridized carbons (Fsp3) is 0.353. The van der Waals surface area contributed by atoms with Crippen LogP contribution in [0.2, 0.25) is 5.02 Å². The van der Waals surface area contributed by atoms with Gasteiger partial charge in [0.25, 0.3) is 0 Å². The quantitative estimate of drug-likeness (QED) is 0.563. The summed E-state index contributed by atoms with van der Waals surface area (Å²) < 4.78 is 39.4. The van der Waals surface area contributed by atoms with Gasteiger partial charge in [-0.2, -0.15) is 13.2 Å². The minimum absolute atomic E-state index is 0.0586. The summed E-state index contributed by atoms with van der Waals surface area (Å²) in [6.45, 7) is 7.15. The van der Waals surface area contributed by atoms with E-state index in [9.17, 15) is 18.0 Å². The van der Waals surface area contributed by atoms with Crippen LogP contribution in [-0.2, 0) is 11.0 Å². The number of hydrogen-bond donors (Lipinski definition) is 1. The standard InChI is InChI=1S/C17H17ClF3N3OS/c1-8-9(2)22-16(23-10(8)3)26-11(4)15(25)24-14-6-5-12(18)7-13(14)17(19,20)21/h5-7,11H,1-4H3,(H,24,25)/t11-/m0/s1. The molecule has 1 amide bonds. The summed E-state index contributed by atoms with van der Waals surface area (Å²) in [5.74, 6) is -0.581. The Bertz CT molecular complexity index is 819. The normalized spacial score (nSPS) is 12.8. The third kappa shape index (κ3) is 4.88. The van der Waals surface area contributed by atoms with E-state index in [2.05, 4.69) is 15.3 Å². The average Bonchev–Trinajstić information content (AvgIpc) is 2.53. The number of rotatable bonds is 4. The van der Waals surface area contributed by atoms with Gasteiger partial charge in [-0.1, -0.05) is 23.4 Å². The zero-order chi connectivity index (χ0) is 19.6. The van der Waals surface area contributed by atoms with Crippen LogP contribution in [0.5, 0.6) is 0 Å². The van der Waals surface area contributed by atoms with E-state index in [1.165, 1.54) is 6.07 Å². The first kappa shape index (κ1) is 20.5.